The average molecular weight is 326 g/mol. The van der Waals surface area contributed by atoms with Crippen molar-refractivity contribution in [2.75, 3.05) is 6.54 Å². The highest BCUT2D eigenvalue weighted by molar-refractivity contribution is 5.97. The Labute approximate surface area is 135 Å². The third-order valence-corrected chi connectivity index (χ3v) is 3.92. The largest absolute Gasteiger partial charge is 0.356 e. The first-order valence-corrected chi connectivity index (χ1v) is 7.41. The van der Waals surface area contributed by atoms with Gasteiger partial charge in [-0.2, -0.15) is 0 Å². The number of carbonyl (C=O) groups excluding carboxylic acids is 1. The fraction of sp³-hybridized carbons (Fsp3) is 0.118. The number of nitrogens with zero attached hydrogens (tertiary/aromatic N) is 2. The smallest absolute Gasteiger partial charge is 0.253 e. The minimum atomic E-state index is -0.725. The Hall–Kier alpha value is -3.09. The van der Waals surface area contributed by atoms with E-state index >= 15 is 0 Å². The summed E-state index contributed by atoms with van der Waals surface area (Å²) < 4.78 is 27.9. The van der Waals surface area contributed by atoms with E-state index in [9.17, 15) is 13.6 Å². The van der Waals surface area contributed by atoms with Crippen LogP contribution in [0.4, 0.5) is 8.78 Å². The second-order valence-corrected chi connectivity index (χ2v) is 5.44. The summed E-state index contributed by atoms with van der Waals surface area (Å²) in [5.74, 6) is -1.64. The second kappa shape index (κ2) is 5.52. The third kappa shape index (κ3) is 2.34. The molecular weight excluding hydrogens is 314 g/mol. The van der Waals surface area contributed by atoms with Crippen molar-refractivity contribution >= 4 is 5.91 Å². The Morgan fingerprint density at radius 3 is 2.67 bits per heavy atom. The maximum atomic E-state index is 13.9. The highest BCUT2D eigenvalue weighted by atomic mass is 19.1. The van der Waals surface area contributed by atoms with Crippen molar-refractivity contribution in [3.63, 3.8) is 0 Å². The van der Waals surface area contributed by atoms with Crippen LogP contribution in [-0.4, -0.2) is 27.4 Å². The van der Waals surface area contributed by atoms with E-state index in [-0.39, 0.29) is 17.3 Å². The normalized spacial score (nSPS) is 13.5. The number of hydrogen-bond acceptors (Lipinski definition) is 3. The molecule has 4 rings (SSSR count). The molecule has 24 heavy (non-hydrogen) atoms. The van der Waals surface area contributed by atoms with Crippen molar-refractivity contribution in [1.29, 1.82) is 0 Å². The van der Waals surface area contributed by atoms with E-state index < -0.39 is 11.6 Å². The van der Waals surface area contributed by atoms with Gasteiger partial charge in [0.05, 0.1) is 22.5 Å². The molecule has 5 nitrogen and oxygen atoms in total. The molecule has 1 amide bonds. The number of aromatic amines is 1. The quantitative estimate of drug-likeness (QED) is 0.761. The molecule has 0 saturated carbocycles. The molecule has 0 spiro atoms. The number of amides is 1. The van der Waals surface area contributed by atoms with E-state index in [2.05, 4.69) is 20.3 Å². The summed E-state index contributed by atoms with van der Waals surface area (Å²) >= 11 is 0. The van der Waals surface area contributed by atoms with Gasteiger partial charge in [0.2, 0.25) is 0 Å². The van der Waals surface area contributed by atoms with Gasteiger partial charge in [-0.1, -0.05) is 6.07 Å². The SMILES string of the molecule is O=C1NCCc2[nH]c(-c3ccnc(-c4c(F)cccc4F)n3)cc21. The molecular formula is C17H12F2N4O. The molecule has 0 atom stereocenters. The molecule has 0 fully saturated rings. The summed E-state index contributed by atoms with van der Waals surface area (Å²) in [5.41, 5.74) is 2.19. The van der Waals surface area contributed by atoms with Gasteiger partial charge in [0.25, 0.3) is 5.91 Å². The van der Waals surface area contributed by atoms with Gasteiger partial charge >= 0.3 is 0 Å². The highest BCUT2D eigenvalue weighted by Gasteiger charge is 2.21. The van der Waals surface area contributed by atoms with Crippen LogP contribution >= 0.6 is 0 Å². The van der Waals surface area contributed by atoms with Crippen molar-refractivity contribution in [1.82, 2.24) is 20.3 Å². The van der Waals surface area contributed by atoms with E-state index in [1.165, 1.54) is 12.3 Å². The molecule has 1 aliphatic rings. The maximum Gasteiger partial charge on any atom is 0.253 e. The lowest BCUT2D eigenvalue weighted by Crippen LogP contribution is -2.31. The number of H-pyrrole nitrogens is 1. The lowest BCUT2D eigenvalue weighted by atomic mass is 10.1. The Morgan fingerprint density at radius 2 is 1.92 bits per heavy atom. The third-order valence-electron chi connectivity index (χ3n) is 3.92. The molecule has 7 heteroatoms. The van der Waals surface area contributed by atoms with Crippen molar-refractivity contribution in [3.8, 4) is 22.8 Å². The first-order valence-electron chi connectivity index (χ1n) is 7.41. The van der Waals surface area contributed by atoms with Crippen LogP contribution in [0.5, 0.6) is 0 Å². The number of aromatic nitrogens is 3. The van der Waals surface area contributed by atoms with Crippen LogP contribution in [0.15, 0.2) is 36.5 Å². The Kier molecular flexibility index (Phi) is 3.34. The van der Waals surface area contributed by atoms with Crippen LogP contribution in [0.3, 0.4) is 0 Å². The van der Waals surface area contributed by atoms with Crippen molar-refractivity contribution in [3.05, 3.63) is 59.4 Å². The standard InChI is InChI=1S/C17H12F2N4O/c18-10-2-1-3-11(19)15(10)16-20-6-5-13(23-16)14-8-9-12(22-14)4-7-21-17(9)24/h1-3,5-6,8,22H,4,7H2,(H,21,24). The molecule has 0 radical (unpaired) electrons. The number of rotatable bonds is 2. The number of nitrogens with one attached hydrogen (secondary N) is 2. The van der Waals surface area contributed by atoms with E-state index in [1.807, 2.05) is 0 Å². The molecule has 0 bridgehead atoms. The van der Waals surface area contributed by atoms with Crippen molar-refractivity contribution in [2.24, 2.45) is 0 Å². The summed E-state index contributed by atoms with van der Waals surface area (Å²) in [4.78, 5) is 23.2. The fourth-order valence-electron chi connectivity index (χ4n) is 2.77. The van der Waals surface area contributed by atoms with Crippen LogP contribution < -0.4 is 5.32 Å². The van der Waals surface area contributed by atoms with Gasteiger partial charge in [0.15, 0.2) is 5.82 Å². The molecule has 0 aliphatic carbocycles. The van der Waals surface area contributed by atoms with E-state index in [0.717, 1.165) is 17.8 Å². The molecule has 2 aromatic heterocycles. The Balaban J connectivity index is 1.80. The minimum Gasteiger partial charge on any atom is -0.356 e. The molecule has 1 aliphatic heterocycles. The first-order chi connectivity index (χ1) is 11.6. The predicted molar refractivity (Wildman–Crippen MR) is 83.2 cm³/mol. The van der Waals surface area contributed by atoms with E-state index in [1.54, 1.807) is 12.1 Å². The molecule has 2 N–H and O–H groups in total. The number of hydrogen-bond donors (Lipinski definition) is 2. The Morgan fingerprint density at radius 1 is 1.12 bits per heavy atom. The molecule has 120 valence electrons. The fourth-order valence-corrected chi connectivity index (χ4v) is 2.77. The van der Waals surface area contributed by atoms with Crippen LogP contribution in [0.1, 0.15) is 16.1 Å². The van der Waals surface area contributed by atoms with Crippen LogP contribution in [0.25, 0.3) is 22.8 Å². The van der Waals surface area contributed by atoms with Gasteiger partial charge < -0.3 is 10.3 Å². The van der Waals surface area contributed by atoms with Crippen LogP contribution in [0.2, 0.25) is 0 Å². The zero-order valence-electron chi connectivity index (χ0n) is 12.4. The summed E-state index contributed by atoms with van der Waals surface area (Å²) in [5, 5.41) is 2.76. The van der Waals surface area contributed by atoms with Crippen LogP contribution in [-0.2, 0) is 6.42 Å². The van der Waals surface area contributed by atoms with Gasteiger partial charge in [0, 0.05) is 24.9 Å². The molecule has 3 heterocycles. The summed E-state index contributed by atoms with van der Waals surface area (Å²) in [6.45, 7) is 0.571. The topological polar surface area (TPSA) is 70.7 Å². The molecule has 1 aromatic carbocycles. The van der Waals surface area contributed by atoms with E-state index in [4.69, 9.17) is 0 Å². The highest BCUT2D eigenvalue weighted by Crippen LogP contribution is 2.26. The molecule has 0 unspecified atom stereocenters. The summed E-state index contributed by atoms with van der Waals surface area (Å²) in [7, 11) is 0. The summed E-state index contributed by atoms with van der Waals surface area (Å²) in [6.07, 6.45) is 2.13. The Bertz CT molecular complexity index is 931. The second-order valence-electron chi connectivity index (χ2n) is 5.44. The molecule has 0 saturated heterocycles. The summed E-state index contributed by atoms with van der Waals surface area (Å²) in [6, 6.07) is 6.92. The van der Waals surface area contributed by atoms with Gasteiger partial charge in [-0.05, 0) is 24.3 Å². The lowest BCUT2D eigenvalue weighted by Gasteiger charge is -2.10. The minimum absolute atomic E-state index is 0.0416. The number of halogens is 2. The monoisotopic (exact) mass is 326 g/mol. The lowest BCUT2D eigenvalue weighted by molar-refractivity contribution is 0.0946. The first kappa shape index (κ1) is 14.5. The van der Waals surface area contributed by atoms with Gasteiger partial charge in [-0.15, -0.1) is 0 Å². The number of carbonyl (C=O) groups is 1. The number of fused-ring (bicyclic) bond motifs is 1. The van der Waals surface area contributed by atoms with Gasteiger partial charge in [0.1, 0.15) is 11.6 Å². The van der Waals surface area contributed by atoms with E-state index in [0.29, 0.717) is 29.9 Å². The van der Waals surface area contributed by atoms with Crippen molar-refractivity contribution < 1.29 is 13.6 Å². The predicted octanol–water partition coefficient (Wildman–Crippen LogP) is 2.70. The van der Waals surface area contributed by atoms with Gasteiger partial charge in [-0.25, -0.2) is 18.7 Å². The van der Waals surface area contributed by atoms with Gasteiger partial charge in [-0.3, -0.25) is 4.79 Å². The maximum absolute atomic E-state index is 13.9. The average Bonchev–Trinajstić information content (AvgIpc) is 3.01. The zero-order valence-corrected chi connectivity index (χ0v) is 12.4. The zero-order chi connectivity index (χ0) is 16.7. The van der Waals surface area contributed by atoms with Crippen LogP contribution in [0, 0.1) is 11.6 Å². The van der Waals surface area contributed by atoms with Crippen molar-refractivity contribution in [2.45, 2.75) is 6.42 Å². The molecule has 3 aromatic rings. The number of benzene rings is 1.